The zero-order chi connectivity index (χ0) is 18.5. The van der Waals surface area contributed by atoms with Crippen molar-refractivity contribution in [2.45, 2.75) is 116 Å². The van der Waals surface area contributed by atoms with Crippen LogP contribution in [0, 0.1) is 0 Å². The van der Waals surface area contributed by atoms with E-state index in [2.05, 4.69) is 29.6 Å². The third-order valence-corrected chi connectivity index (χ3v) is 6.33. The van der Waals surface area contributed by atoms with Crippen LogP contribution in [0.3, 0.4) is 0 Å². The fourth-order valence-corrected chi connectivity index (χ4v) is 4.47. The number of aromatic amines is 1. The van der Waals surface area contributed by atoms with Crippen LogP contribution >= 0.6 is 11.3 Å². The summed E-state index contributed by atoms with van der Waals surface area (Å²) in [5.41, 5.74) is 2.34. The van der Waals surface area contributed by atoms with Gasteiger partial charge >= 0.3 is 0 Å². The molecule has 0 saturated carbocycles. The average Bonchev–Trinajstić information content (AvgIpc) is 3.24. The van der Waals surface area contributed by atoms with Crippen molar-refractivity contribution in [1.29, 1.82) is 0 Å². The summed E-state index contributed by atoms with van der Waals surface area (Å²) in [4.78, 5) is 8.19. The second-order valence-electron chi connectivity index (χ2n) is 8.08. The van der Waals surface area contributed by atoms with E-state index in [4.69, 9.17) is 4.98 Å². The molecule has 2 rings (SSSR count). The molecular weight excluding hydrogens is 336 g/mol. The van der Waals surface area contributed by atoms with E-state index >= 15 is 0 Å². The monoisotopic (exact) mass is 376 g/mol. The zero-order valence-corrected chi connectivity index (χ0v) is 18.0. The maximum absolute atomic E-state index is 4.71. The molecule has 1 N–H and O–H groups in total. The van der Waals surface area contributed by atoms with Gasteiger partial charge in [-0.25, -0.2) is 4.98 Å². The van der Waals surface area contributed by atoms with Crippen LogP contribution in [0.25, 0.3) is 11.0 Å². The van der Waals surface area contributed by atoms with E-state index in [1.165, 1.54) is 108 Å². The lowest BCUT2D eigenvalue weighted by Gasteiger charge is -2.08. The smallest absolute Gasteiger partial charge is 0.110 e. The molecule has 2 aromatic rings. The van der Waals surface area contributed by atoms with Gasteiger partial charge in [0.25, 0.3) is 0 Å². The van der Waals surface area contributed by atoms with Gasteiger partial charge in [0.2, 0.25) is 0 Å². The van der Waals surface area contributed by atoms with Crippen molar-refractivity contribution in [3.63, 3.8) is 0 Å². The van der Waals surface area contributed by atoms with Gasteiger partial charge in [0, 0.05) is 16.7 Å². The number of aromatic nitrogens is 2. The third-order valence-electron chi connectivity index (χ3n) is 5.60. The molecular formula is C23H40N2S. The number of nitrogens with zero attached hydrogens (tertiary/aromatic N) is 1. The van der Waals surface area contributed by atoms with Crippen LogP contribution in [0.5, 0.6) is 0 Å². The first-order valence-electron chi connectivity index (χ1n) is 11.2. The van der Waals surface area contributed by atoms with Crippen molar-refractivity contribution >= 4 is 22.4 Å². The van der Waals surface area contributed by atoms with Crippen LogP contribution in [-0.4, -0.2) is 9.97 Å². The summed E-state index contributed by atoms with van der Waals surface area (Å²) in [6.07, 6.45) is 21.3. The number of H-pyrrole nitrogens is 1. The van der Waals surface area contributed by atoms with Crippen LogP contribution in [0.2, 0.25) is 0 Å². The molecule has 1 atom stereocenters. The molecule has 1 unspecified atom stereocenters. The van der Waals surface area contributed by atoms with Crippen LogP contribution in [0.15, 0.2) is 10.8 Å². The molecule has 148 valence electrons. The van der Waals surface area contributed by atoms with Crippen LogP contribution in [0.4, 0.5) is 0 Å². The predicted octanol–water partition coefficient (Wildman–Crippen LogP) is 8.60. The van der Waals surface area contributed by atoms with E-state index in [1.807, 2.05) is 0 Å². The van der Waals surface area contributed by atoms with Crippen molar-refractivity contribution in [2.24, 2.45) is 0 Å². The first-order valence-corrected chi connectivity index (χ1v) is 12.2. The number of nitrogens with one attached hydrogen (secondary N) is 1. The number of hydrogen-bond acceptors (Lipinski definition) is 2. The molecule has 0 bridgehead atoms. The molecule has 2 nitrogen and oxygen atoms in total. The first-order chi connectivity index (χ1) is 12.8. The van der Waals surface area contributed by atoms with Crippen molar-refractivity contribution in [3.05, 3.63) is 16.6 Å². The summed E-state index contributed by atoms with van der Waals surface area (Å²) in [5.74, 6) is 1.74. The van der Waals surface area contributed by atoms with E-state index in [1.54, 1.807) is 11.3 Å². The second kappa shape index (κ2) is 13.4. The van der Waals surface area contributed by atoms with E-state index in [9.17, 15) is 0 Å². The van der Waals surface area contributed by atoms with E-state index < -0.39 is 0 Å². The summed E-state index contributed by atoms with van der Waals surface area (Å²) in [6, 6.07) is 0. The molecule has 0 aromatic carbocycles. The first kappa shape index (κ1) is 21.5. The van der Waals surface area contributed by atoms with Gasteiger partial charge in [-0.2, -0.15) is 0 Å². The highest BCUT2D eigenvalue weighted by molar-refractivity contribution is 7.09. The molecule has 0 aliphatic heterocycles. The number of hydrogen-bond donors (Lipinski definition) is 1. The summed E-state index contributed by atoms with van der Waals surface area (Å²) in [5, 5.41) is 4.29. The SMILES string of the molecule is CCCCCCCCCCCCCCCCC(C)c1nc2cscc2[nH]1. The molecule has 2 aromatic heterocycles. The maximum Gasteiger partial charge on any atom is 0.110 e. The number of rotatable bonds is 16. The number of imidazole rings is 1. The lowest BCUT2D eigenvalue weighted by molar-refractivity contribution is 0.521. The van der Waals surface area contributed by atoms with Gasteiger partial charge in [-0.05, 0) is 6.42 Å². The summed E-state index contributed by atoms with van der Waals surface area (Å²) < 4.78 is 0. The summed E-state index contributed by atoms with van der Waals surface area (Å²) in [7, 11) is 0. The van der Waals surface area contributed by atoms with Gasteiger partial charge in [0.15, 0.2) is 0 Å². The maximum atomic E-state index is 4.71. The number of thiophene rings is 1. The van der Waals surface area contributed by atoms with Crippen LogP contribution in [0.1, 0.15) is 122 Å². The second-order valence-corrected chi connectivity index (χ2v) is 8.82. The minimum atomic E-state index is 0.560. The Hall–Kier alpha value is -0.830. The molecule has 26 heavy (non-hydrogen) atoms. The molecule has 0 radical (unpaired) electrons. The van der Waals surface area contributed by atoms with Crippen LogP contribution in [-0.2, 0) is 0 Å². The Bertz CT molecular complexity index is 543. The molecule has 0 saturated heterocycles. The van der Waals surface area contributed by atoms with Crippen molar-refractivity contribution < 1.29 is 0 Å². The van der Waals surface area contributed by atoms with Gasteiger partial charge in [0.05, 0.1) is 11.0 Å². The Morgan fingerprint density at radius 2 is 1.35 bits per heavy atom. The van der Waals surface area contributed by atoms with Crippen LogP contribution < -0.4 is 0 Å². The quantitative estimate of drug-likeness (QED) is 0.292. The molecule has 0 spiro atoms. The fraction of sp³-hybridized carbons (Fsp3) is 0.783. The Kier molecular flexibility index (Phi) is 11.0. The van der Waals surface area contributed by atoms with E-state index in [0.29, 0.717) is 5.92 Å². The van der Waals surface area contributed by atoms with Crippen molar-refractivity contribution in [3.8, 4) is 0 Å². The molecule has 2 heterocycles. The Morgan fingerprint density at radius 3 is 1.88 bits per heavy atom. The topological polar surface area (TPSA) is 28.7 Å². The standard InChI is InChI=1S/C23H40N2S/c1-3-4-5-6-7-8-9-10-11-12-13-14-15-16-17-20(2)23-24-21-18-26-19-22(21)25-23/h18-20H,3-17H2,1-2H3,(H,24,25). The Morgan fingerprint density at radius 1 is 0.808 bits per heavy atom. The fourth-order valence-electron chi connectivity index (χ4n) is 3.78. The Labute approximate surface area is 165 Å². The zero-order valence-electron chi connectivity index (χ0n) is 17.2. The average molecular weight is 377 g/mol. The minimum Gasteiger partial charge on any atom is -0.341 e. The lowest BCUT2D eigenvalue weighted by Crippen LogP contribution is -1.96. The predicted molar refractivity (Wildman–Crippen MR) is 117 cm³/mol. The van der Waals surface area contributed by atoms with Gasteiger partial charge < -0.3 is 4.98 Å². The molecule has 0 fully saturated rings. The lowest BCUT2D eigenvalue weighted by atomic mass is 10.0. The van der Waals surface area contributed by atoms with E-state index in [-0.39, 0.29) is 0 Å². The highest BCUT2D eigenvalue weighted by Crippen LogP contribution is 2.24. The normalized spacial score (nSPS) is 12.8. The molecule has 3 heteroatoms. The summed E-state index contributed by atoms with van der Waals surface area (Å²) in [6.45, 7) is 4.60. The van der Waals surface area contributed by atoms with Gasteiger partial charge in [-0.1, -0.05) is 104 Å². The minimum absolute atomic E-state index is 0.560. The highest BCUT2D eigenvalue weighted by Gasteiger charge is 2.10. The summed E-state index contributed by atoms with van der Waals surface area (Å²) >= 11 is 1.72. The molecule has 0 aliphatic carbocycles. The van der Waals surface area contributed by atoms with Gasteiger partial charge in [-0.3, -0.25) is 0 Å². The van der Waals surface area contributed by atoms with Gasteiger partial charge in [0.1, 0.15) is 5.82 Å². The van der Waals surface area contributed by atoms with Crippen molar-refractivity contribution in [2.75, 3.05) is 0 Å². The van der Waals surface area contributed by atoms with Gasteiger partial charge in [-0.15, -0.1) is 11.3 Å². The van der Waals surface area contributed by atoms with Crippen molar-refractivity contribution in [1.82, 2.24) is 9.97 Å². The van der Waals surface area contributed by atoms with E-state index in [0.717, 1.165) is 5.52 Å². The number of unbranched alkanes of at least 4 members (excludes halogenated alkanes) is 13. The number of fused-ring (bicyclic) bond motifs is 1. The highest BCUT2D eigenvalue weighted by atomic mass is 32.1. The Balaban J connectivity index is 1.36. The largest absolute Gasteiger partial charge is 0.341 e. The molecule has 0 amide bonds. The third kappa shape index (κ3) is 8.24. The molecule has 0 aliphatic rings.